The molecule has 460 valence electrons. The van der Waals surface area contributed by atoms with E-state index < -0.39 is 43.0 Å². The van der Waals surface area contributed by atoms with Gasteiger partial charge in [-0.2, -0.15) is 21.6 Å². The van der Waals surface area contributed by atoms with Crippen molar-refractivity contribution in [3.05, 3.63) is 265 Å². The van der Waals surface area contributed by atoms with Crippen LogP contribution in [0.5, 0.6) is 0 Å². The van der Waals surface area contributed by atoms with Crippen molar-refractivity contribution in [1.29, 1.82) is 0 Å². The number of nitrogens with zero attached hydrogens (tertiary/aromatic N) is 4. The van der Waals surface area contributed by atoms with Crippen molar-refractivity contribution in [2.45, 2.75) is 40.3 Å². The van der Waals surface area contributed by atoms with E-state index in [1.807, 2.05) is 54.7 Å². The van der Waals surface area contributed by atoms with Crippen LogP contribution in [0.3, 0.4) is 0 Å². The monoisotopic (exact) mass is 1580 g/mol. The van der Waals surface area contributed by atoms with Gasteiger partial charge < -0.3 is 34.0 Å². The second-order valence-corrected chi connectivity index (χ2v) is 19.4. The van der Waals surface area contributed by atoms with Gasteiger partial charge in [0.05, 0.1) is 11.3 Å². The molecule has 6 aromatic heterocycles. The summed E-state index contributed by atoms with van der Waals surface area (Å²) in [5, 5.41) is 23.5. The zero-order valence-electron chi connectivity index (χ0n) is 58.3. The number of aromatic nitrogens is 4. The molecule has 3 N–H and O–H groups in total. The molecule has 6 heterocycles. The Hall–Kier alpha value is -8.60. The van der Waals surface area contributed by atoms with Gasteiger partial charge in [0.2, 0.25) is 0 Å². The van der Waals surface area contributed by atoms with Gasteiger partial charge in [-0.05, 0) is 99.9 Å². The number of furan rings is 2. The summed E-state index contributed by atoms with van der Waals surface area (Å²) in [5.74, 6) is 0. The van der Waals surface area contributed by atoms with Gasteiger partial charge in [0.15, 0.2) is 0 Å². The Bertz CT molecular complexity index is 4690. The van der Waals surface area contributed by atoms with Crippen LogP contribution in [0.4, 0.5) is 13.2 Å². The molecule has 11 nitrogen and oxygen atoms in total. The number of aliphatic hydroxyl groups excluding tert-OH is 2. The van der Waals surface area contributed by atoms with Crippen molar-refractivity contribution >= 4 is 75.5 Å². The molecule has 0 aliphatic rings. The van der Waals surface area contributed by atoms with Crippen molar-refractivity contribution < 1.29 is 102 Å². The average molecular weight is 1580 g/mol. The number of aliphatic hydroxyl groups is 2. The van der Waals surface area contributed by atoms with E-state index in [9.17, 15) is 13.2 Å². The van der Waals surface area contributed by atoms with Gasteiger partial charge in [0.1, 0.15) is 16.7 Å². The SMILES string of the molecule is C.CO.CO.O=S(=O)(O)C(F)(F)F.[2H]C([2H])([2H])c1c[c-]c(-c2ccc(C([2H])([2H])[2H])cn2)cc1.[2H]C([2H])([2H])c1c[c-]c(-c2ccc(C([2H])([2H])[2H])cn2)cc1.[Ir].[Ir].[c-]1ccc2c(oc3ccc4ccccc4c32)c1-c1ccccn1.c1ccc(-c2cccc3c2oc2ccc4ccccc4c23)nc1. The van der Waals surface area contributed by atoms with E-state index in [2.05, 4.69) is 129 Å². The average Bonchev–Trinajstić information content (AvgIpc) is 1.61. The van der Waals surface area contributed by atoms with E-state index in [4.69, 9.17) is 48.5 Å². The fourth-order valence-electron chi connectivity index (χ4n) is 8.78. The Morgan fingerprint density at radius 3 is 1.33 bits per heavy atom. The van der Waals surface area contributed by atoms with Gasteiger partial charge in [-0.1, -0.05) is 147 Å². The number of benzene rings is 8. The standard InChI is InChI=1S/C21H13NO.C21H12NO.2C13H12N.CHF3O3S.2CH4O.CH4.2Ir/c2*1-2-7-15-14(6-1)11-12-19-20(15)17-9-5-8-16(21(17)23-19)18-10-3-4-13-22-18;2*1-10-3-6-12(7-4-10)13-8-5-11(2)9-14-13;2-1(3,4)8(5,6)7;2*1-2;;;/h1-13H;1-7,9-13H;2*3-6,8-9H,1-2H3;(H,5,6,7);2*2H,1H3;1H4;;/q;3*-1;;;;;;/i;;2*1D3,2D3;;;;;;. The number of hydrogen-bond donors (Lipinski definition) is 3. The largest absolute Gasteiger partial charge is 0.522 e. The van der Waals surface area contributed by atoms with Crippen LogP contribution >= 0.6 is 0 Å². The topological polar surface area (TPSA) is 173 Å². The first-order valence-electron chi connectivity index (χ1n) is 31.8. The summed E-state index contributed by atoms with van der Waals surface area (Å²) in [6, 6.07) is 71.4. The molecule has 0 bridgehead atoms. The van der Waals surface area contributed by atoms with E-state index in [-0.39, 0.29) is 69.9 Å². The maximum absolute atomic E-state index is 10.7. The third-order valence-electron chi connectivity index (χ3n) is 12.6. The van der Waals surface area contributed by atoms with Gasteiger partial charge in [0, 0.05) is 117 Å². The van der Waals surface area contributed by atoms with Crippen molar-refractivity contribution in [3.63, 3.8) is 0 Å². The molecule has 0 unspecified atom stereocenters. The molecule has 0 saturated carbocycles. The van der Waals surface area contributed by atoms with E-state index in [0.29, 0.717) is 22.5 Å². The first-order valence-corrected chi connectivity index (χ1v) is 27.2. The number of para-hydroxylation sites is 1. The minimum atomic E-state index is -5.84. The van der Waals surface area contributed by atoms with Gasteiger partial charge in [0.25, 0.3) is 0 Å². The Balaban J connectivity index is 0.000000229. The van der Waals surface area contributed by atoms with Crippen LogP contribution in [0.15, 0.2) is 234 Å². The quantitative estimate of drug-likeness (QED) is 0.0870. The van der Waals surface area contributed by atoms with Gasteiger partial charge >= 0.3 is 15.6 Å². The van der Waals surface area contributed by atoms with Crippen LogP contribution in [0.1, 0.15) is 46.1 Å². The van der Waals surface area contributed by atoms with Gasteiger partial charge in [-0.25, -0.2) is 0 Å². The predicted molar refractivity (Wildman–Crippen MR) is 344 cm³/mol. The van der Waals surface area contributed by atoms with Crippen molar-refractivity contribution in [2.75, 3.05) is 14.2 Å². The number of rotatable bonds is 4. The molecule has 14 rings (SSSR count). The van der Waals surface area contributed by atoms with Crippen LogP contribution in [-0.4, -0.2) is 62.8 Å². The summed E-state index contributed by atoms with van der Waals surface area (Å²) in [7, 11) is -3.84. The second kappa shape index (κ2) is 33.1. The first kappa shape index (κ1) is 54.5. The van der Waals surface area contributed by atoms with Crippen molar-refractivity contribution in [1.82, 2.24) is 19.9 Å². The van der Waals surface area contributed by atoms with Crippen molar-refractivity contribution in [3.8, 4) is 45.0 Å². The normalized spacial score (nSPS) is 13.1. The van der Waals surface area contributed by atoms with Crippen LogP contribution in [0.2, 0.25) is 0 Å². The van der Waals surface area contributed by atoms with E-state index >= 15 is 0 Å². The molecule has 0 aliphatic carbocycles. The Labute approximate surface area is 559 Å². The summed E-state index contributed by atoms with van der Waals surface area (Å²) < 4.78 is 157. The minimum Gasteiger partial charge on any atom is -0.501 e. The molecule has 14 aromatic rings. The third kappa shape index (κ3) is 17.6. The number of alkyl halides is 3. The number of hydrogen-bond acceptors (Lipinski definition) is 10. The third-order valence-corrected chi connectivity index (χ3v) is 13.2. The maximum Gasteiger partial charge on any atom is 0.522 e. The fourth-order valence-corrected chi connectivity index (χ4v) is 8.78. The zero-order chi connectivity index (χ0) is 71.4. The Morgan fingerprint density at radius 1 is 0.461 bits per heavy atom. The fraction of sp³-hybridized carbons (Fsp3) is 0.111. The zero-order valence-corrected chi connectivity index (χ0v) is 51.9. The Kier molecular flexibility index (Phi) is 20.3. The van der Waals surface area contributed by atoms with E-state index in [1.54, 1.807) is 30.5 Å². The van der Waals surface area contributed by atoms with Gasteiger partial charge in [-0.3, -0.25) is 9.54 Å². The number of halogens is 3. The first-order chi connectivity index (χ1) is 46.4. The molecule has 2 radical (unpaired) electrons. The summed E-state index contributed by atoms with van der Waals surface area (Å²) in [6.07, 6.45) is 6.20. The summed E-state index contributed by atoms with van der Waals surface area (Å²) in [6.45, 7) is -8.68. The minimum absolute atomic E-state index is 0. The summed E-state index contributed by atoms with van der Waals surface area (Å²) in [5.41, 5.74) is 4.87. The predicted octanol–water partition coefficient (Wildman–Crippen LogP) is 18.0. The molecule has 17 heteroatoms. The van der Waals surface area contributed by atoms with Gasteiger partial charge in [-0.15, -0.1) is 89.0 Å². The second-order valence-electron chi connectivity index (χ2n) is 18.0. The molecular formula is C72H62F3Ir2N4O7S-3. The Morgan fingerprint density at radius 2 is 0.899 bits per heavy atom. The number of pyridine rings is 4. The molecule has 0 amide bonds. The molecule has 0 fully saturated rings. The summed E-state index contributed by atoms with van der Waals surface area (Å²) >= 11 is 0. The number of aryl methyl sites for hydroxylation is 4. The molecule has 0 spiro atoms. The molecule has 89 heavy (non-hydrogen) atoms. The maximum atomic E-state index is 10.7. The summed E-state index contributed by atoms with van der Waals surface area (Å²) in [4.78, 5) is 17.1. The van der Waals surface area contributed by atoms with Crippen LogP contribution < -0.4 is 0 Å². The molecule has 8 aromatic carbocycles. The van der Waals surface area contributed by atoms with E-state index in [0.717, 1.165) is 75.2 Å². The van der Waals surface area contributed by atoms with Crippen LogP contribution in [0, 0.1) is 45.6 Å². The van der Waals surface area contributed by atoms with Crippen LogP contribution in [0.25, 0.3) is 110 Å². The molecule has 0 aliphatic heterocycles. The number of fused-ring (bicyclic) bond motifs is 10. The smallest absolute Gasteiger partial charge is 0.501 e. The molecule has 0 saturated heterocycles. The molecule has 0 atom stereocenters. The van der Waals surface area contributed by atoms with E-state index in [1.165, 1.54) is 75.7 Å². The molecular weight excluding hydrogens is 1510 g/mol. The van der Waals surface area contributed by atoms with Crippen molar-refractivity contribution in [2.24, 2.45) is 0 Å². The van der Waals surface area contributed by atoms with Crippen LogP contribution in [-0.2, 0) is 50.3 Å².